The van der Waals surface area contributed by atoms with Crippen molar-refractivity contribution in [1.29, 1.82) is 0 Å². The van der Waals surface area contributed by atoms with E-state index in [0.717, 1.165) is 13.1 Å². The predicted molar refractivity (Wildman–Crippen MR) is 76.9 cm³/mol. The summed E-state index contributed by atoms with van der Waals surface area (Å²) in [7, 11) is -3.44. The first-order valence-electron chi connectivity index (χ1n) is 7.33. The zero-order chi connectivity index (χ0) is 14.3. The zero-order valence-corrected chi connectivity index (χ0v) is 13.9. The van der Waals surface area contributed by atoms with Crippen LogP contribution < -0.4 is 0 Å². The van der Waals surface area contributed by atoms with Gasteiger partial charge in [0.25, 0.3) is 0 Å². The van der Waals surface area contributed by atoms with E-state index in [1.165, 1.54) is 0 Å². The van der Waals surface area contributed by atoms with Crippen LogP contribution in [0.3, 0.4) is 0 Å². The molecule has 2 aliphatic heterocycles. The second kappa shape index (κ2) is 5.21. The topological polar surface area (TPSA) is 40.2 Å². The molecule has 0 amide bonds. The summed E-state index contributed by atoms with van der Waals surface area (Å²) in [5.74, 6) is 0. The van der Waals surface area contributed by atoms with Crippen molar-refractivity contribution in [2.75, 3.05) is 19.4 Å². The number of hydrogen-bond acceptors (Lipinski definition) is 5. The molecule has 2 heterocycles. The fourth-order valence-electron chi connectivity index (χ4n) is 2.66. The molecule has 2 rings (SSSR count). The molecule has 0 saturated carbocycles. The number of nitrogens with zero attached hydrogens (tertiary/aromatic N) is 1. The normalized spacial score (nSPS) is 42.6. The van der Waals surface area contributed by atoms with Gasteiger partial charge in [-0.05, 0) is 0 Å². The molecule has 5 nitrogen and oxygen atoms in total. The molecule has 6 heteroatoms. The number of hydrogen-bond donors (Lipinski definition) is 0. The van der Waals surface area contributed by atoms with Crippen LogP contribution in [0.25, 0.3) is 0 Å². The van der Waals surface area contributed by atoms with Crippen molar-refractivity contribution in [3.05, 3.63) is 0 Å². The van der Waals surface area contributed by atoms with Crippen LogP contribution in [0.2, 0.25) is 0 Å². The second-order valence-corrected chi connectivity index (χ2v) is 8.70. The first kappa shape index (κ1) is 15.6. The third-order valence-corrected chi connectivity index (χ3v) is 7.95. The molecule has 0 radical (unpaired) electrons. The van der Waals surface area contributed by atoms with Gasteiger partial charge in [0.1, 0.15) is 0 Å². The third kappa shape index (κ3) is 2.69. The molecule has 0 aliphatic carbocycles. The molecular formula is C13H28NO4P. The maximum atomic E-state index is 6.21. The molecular weight excluding hydrogens is 265 g/mol. The molecule has 4 unspecified atom stereocenters. The number of rotatable bonds is 4. The van der Waals surface area contributed by atoms with Crippen LogP contribution in [0.5, 0.6) is 0 Å². The minimum atomic E-state index is -3.44. The molecule has 0 aromatic rings. The van der Waals surface area contributed by atoms with Crippen molar-refractivity contribution < 1.29 is 18.1 Å². The Kier molecular flexibility index (Phi) is 4.28. The summed E-state index contributed by atoms with van der Waals surface area (Å²) in [5.41, 5.74) is 0. The predicted octanol–water partition coefficient (Wildman–Crippen LogP) is 3.15. The van der Waals surface area contributed by atoms with Gasteiger partial charge >= 0.3 is 116 Å². The summed E-state index contributed by atoms with van der Waals surface area (Å²) in [5, 5.41) is 0. The van der Waals surface area contributed by atoms with E-state index in [1.54, 1.807) is 0 Å². The van der Waals surface area contributed by atoms with Crippen LogP contribution in [0.1, 0.15) is 41.5 Å². The first-order valence-corrected chi connectivity index (χ1v) is 9.42. The van der Waals surface area contributed by atoms with E-state index in [9.17, 15) is 0 Å². The fraction of sp³-hybridized carbons (Fsp3) is 1.00. The Hall–Kier alpha value is 0.230. The van der Waals surface area contributed by atoms with Crippen molar-refractivity contribution in [1.82, 2.24) is 4.90 Å². The molecule has 1 spiro atoms. The van der Waals surface area contributed by atoms with E-state index >= 15 is 0 Å². The van der Waals surface area contributed by atoms with Gasteiger partial charge in [-0.25, -0.2) is 0 Å². The molecule has 0 N–H and O–H groups in total. The van der Waals surface area contributed by atoms with Crippen molar-refractivity contribution in [2.45, 2.75) is 66.0 Å². The summed E-state index contributed by atoms with van der Waals surface area (Å²) >= 11 is 0. The Balaban J connectivity index is 2.30. The molecule has 114 valence electrons. The van der Waals surface area contributed by atoms with Gasteiger partial charge in [0, 0.05) is 0 Å². The van der Waals surface area contributed by atoms with E-state index in [-0.39, 0.29) is 24.4 Å². The summed E-state index contributed by atoms with van der Waals surface area (Å²) in [4.78, 5) is 2.26. The SMILES string of the molecule is CCN(CC)CP12(OC(C)C(C)O1)OC(C)C(C)O2. The Morgan fingerprint density at radius 2 is 1.05 bits per heavy atom. The van der Waals surface area contributed by atoms with E-state index in [4.69, 9.17) is 18.1 Å². The minimum absolute atomic E-state index is 0.00530. The van der Waals surface area contributed by atoms with Crippen LogP contribution in [-0.4, -0.2) is 48.7 Å². The Morgan fingerprint density at radius 3 is 1.32 bits per heavy atom. The molecule has 4 atom stereocenters. The molecule has 0 aromatic heterocycles. The second-order valence-electron chi connectivity index (χ2n) is 5.65. The van der Waals surface area contributed by atoms with Gasteiger partial charge in [0.2, 0.25) is 0 Å². The molecule has 2 saturated heterocycles. The zero-order valence-electron chi connectivity index (χ0n) is 13.0. The quantitative estimate of drug-likeness (QED) is 0.745. The van der Waals surface area contributed by atoms with Crippen LogP contribution in [0.4, 0.5) is 0 Å². The maximum absolute atomic E-state index is 6.21. The molecule has 0 aromatic carbocycles. The fourth-order valence-corrected chi connectivity index (χ4v) is 7.53. The van der Waals surface area contributed by atoms with Gasteiger partial charge < -0.3 is 0 Å². The Labute approximate surface area is 116 Å². The van der Waals surface area contributed by atoms with Crippen LogP contribution >= 0.6 is 7.51 Å². The summed E-state index contributed by atoms with van der Waals surface area (Å²) in [6.45, 7) is 14.2. The molecule has 2 aliphatic rings. The van der Waals surface area contributed by atoms with Crippen molar-refractivity contribution >= 4 is 7.51 Å². The Bertz CT molecular complexity index is 285. The van der Waals surface area contributed by atoms with Crippen molar-refractivity contribution in [3.63, 3.8) is 0 Å². The van der Waals surface area contributed by atoms with Crippen molar-refractivity contribution in [2.24, 2.45) is 0 Å². The van der Waals surface area contributed by atoms with E-state index in [2.05, 4.69) is 18.7 Å². The van der Waals surface area contributed by atoms with E-state index in [1.807, 2.05) is 27.7 Å². The monoisotopic (exact) mass is 293 g/mol. The molecule has 19 heavy (non-hydrogen) atoms. The Morgan fingerprint density at radius 1 is 0.737 bits per heavy atom. The summed E-state index contributed by atoms with van der Waals surface area (Å²) < 4.78 is 24.8. The molecule has 2 fully saturated rings. The van der Waals surface area contributed by atoms with Gasteiger partial charge in [-0.2, -0.15) is 0 Å². The van der Waals surface area contributed by atoms with Crippen LogP contribution in [0.15, 0.2) is 0 Å². The summed E-state index contributed by atoms with van der Waals surface area (Å²) in [6.07, 6.45) is 0.620. The van der Waals surface area contributed by atoms with E-state index in [0.29, 0.717) is 6.29 Å². The standard InChI is InChI=1S/C13H28NO4P/c1-7-14(8-2)9-19(15-10(3)11(4)16-19)17-12(5)13(6)18-19/h10-13H,7-9H2,1-6H3. The van der Waals surface area contributed by atoms with Crippen LogP contribution in [0, 0.1) is 0 Å². The van der Waals surface area contributed by atoms with Gasteiger partial charge in [0.15, 0.2) is 0 Å². The van der Waals surface area contributed by atoms with E-state index < -0.39 is 7.51 Å². The van der Waals surface area contributed by atoms with Crippen LogP contribution in [-0.2, 0) is 18.1 Å². The average molecular weight is 293 g/mol. The van der Waals surface area contributed by atoms with Crippen molar-refractivity contribution in [3.8, 4) is 0 Å². The van der Waals surface area contributed by atoms with Gasteiger partial charge in [-0.3, -0.25) is 0 Å². The van der Waals surface area contributed by atoms with Gasteiger partial charge in [0.05, 0.1) is 0 Å². The average Bonchev–Trinajstić information content (AvgIpc) is 2.72. The summed E-state index contributed by atoms with van der Waals surface area (Å²) in [6, 6.07) is 0. The molecule has 0 bridgehead atoms. The van der Waals surface area contributed by atoms with Gasteiger partial charge in [-0.15, -0.1) is 0 Å². The first-order chi connectivity index (χ1) is 8.83. The van der Waals surface area contributed by atoms with Gasteiger partial charge in [-0.1, -0.05) is 0 Å². The third-order valence-electron chi connectivity index (χ3n) is 4.13.